The number of hydrogen-bond acceptors (Lipinski definition) is 6. The molecule has 0 saturated heterocycles. The molecule has 1 aliphatic carbocycles. The van der Waals surface area contributed by atoms with Crippen LogP contribution in [0.15, 0.2) is 36.4 Å². The van der Waals surface area contributed by atoms with Crippen LogP contribution >= 0.6 is 0 Å². The maximum Gasteiger partial charge on any atom is 0.335 e. The van der Waals surface area contributed by atoms with Gasteiger partial charge in [0.05, 0.1) is 11.1 Å². The molecule has 2 aromatic heterocycles. The molecule has 38 heavy (non-hydrogen) atoms. The minimum absolute atomic E-state index is 0.0940. The van der Waals surface area contributed by atoms with Gasteiger partial charge >= 0.3 is 11.9 Å². The minimum Gasteiger partial charge on any atom is -0.478 e. The standard InChI is InChI=1S/C28H24N2O8/c1-3-16-22(14-9-12(26(35)36)5-7-18(14)29-16)28(24(33)20(31)11-21(32)25(28)34)23-15-10-13(27(37)38)6-8-19(15)30-17(23)4-2/h5-10,20,29-31H,3-4,11H2,1-2H3,(H,35,36)(H,37,38). The summed E-state index contributed by atoms with van der Waals surface area (Å²) < 4.78 is 0. The van der Waals surface area contributed by atoms with Crippen molar-refractivity contribution in [3.8, 4) is 0 Å². The molecule has 1 aliphatic rings. The highest BCUT2D eigenvalue weighted by Crippen LogP contribution is 2.48. The number of hydrogen-bond donors (Lipinski definition) is 5. The Labute approximate surface area is 215 Å². The number of nitrogens with one attached hydrogen (secondary N) is 2. The summed E-state index contributed by atoms with van der Waals surface area (Å²) in [5, 5.41) is 30.6. The average Bonchev–Trinajstić information content (AvgIpc) is 3.46. The number of benzene rings is 2. The van der Waals surface area contributed by atoms with Gasteiger partial charge in [0.25, 0.3) is 0 Å². The van der Waals surface area contributed by atoms with Crippen LogP contribution in [-0.4, -0.2) is 60.7 Å². The number of aryl methyl sites for hydroxylation is 2. The Balaban J connectivity index is 2.04. The van der Waals surface area contributed by atoms with Gasteiger partial charge in [0.2, 0.25) is 11.6 Å². The quantitative estimate of drug-likeness (QED) is 0.192. The van der Waals surface area contributed by atoms with Gasteiger partial charge < -0.3 is 25.3 Å². The summed E-state index contributed by atoms with van der Waals surface area (Å²) in [7, 11) is 0. The highest BCUT2D eigenvalue weighted by atomic mass is 16.4. The zero-order valence-electron chi connectivity index (χ0n) is 20.5. The molecule has 0 amide bonds. The summed E-state index contributed by atoms with van der Waals surface area (Å²) in [5.74, 6) is -5.38. The molecule has 1 fully saturated rings. The summed E-state index contributed by atoms with van der Waals surface area (Å²) in [5.41, 5.74) is -0.628. The van der Waals surface area contributed by atoms with Gasteiger partial charge in [-0.25, -0.2) is 9.59 Å². The predicted molar refractivity (Wildman–Crippen MR) is 136 cm³/mol. The number of Topliss-reactive ketones (excluding diaryl/α,β-unsaturated/α-hetero) is 3. The molecule has 0 bridgehead atoms. The highest BCUT2D eigenvalue weighted by Gasteiger charge is 2.60. The van der Waals surface area contributed by atoms with Crippen molar-refractivity contribution in [1.82, 2.24) is 9.97 Å². The van der Waals surface area contributed by atoms with E-state index < -0.39 is 47.2 Å². The van der Waals surface area contributed by atoms with Crippen molar-refractivity contribution < 1.29 is 39.3 Å². The predicted octanol–water partition coefficient (Wildman–Crippen LogP) is 2.93. The van der Waals surface area contributed by atoms with Gasteiger partial charge in [-0.2, -0.15) is 0 Å². The number of aliphatic hydroxyl groups excluding tert-OH is 1. The number of carboxylic acid groups (broad SMARTS) is 2. The highest BCUT2D eigenvalue weighted by molar-refractivity contribution is 6.50. The summed E-state index contributed by atoms with van der Waals surface area (Å²) in [6, 6.07) is 8.46. The molecular formula is C28H24N2O8. The first-order chi connectivity index (χ1) is 18.1. The van der Waals surface area contributed by atoms with Crippen molar-refractivity contribution in [2.24, 2.45) is 0 Å². The van der Waals surface area contributed by atoms with E-state index in [0.29, 0.717) is 22.4 Å². The largest absolute Gasteiger partial charge is 0.478 e. The number of carboxylic acids is 2. The number of H-pyrrole nitrogens is 2. The van der Waals surface area contributed by atoms with E-state index in [1.807, 2.05) is 0 Å². The van der Waals surface area contributed by atoms with E-state index in [-0.39, 0.29) is 45.9 Å². The number of aliphatic hydroxyl groups is 1. The van der Waals surface area contributed by atoms with E-state index in [2.05, 4.69) is 9.97 Å². The molecule has 2 heterocycles. The number of aromatic carboxylic acids is 2. The van der Waals surface area contributed by atoms with Gasteiger partial charge in [0, 0.05) is 50.7 Å². The second-order valence-electron chi connectivity index (χ2n) is 9.38. The maximum absolute atomic E-state index is 14.2. The number of fused-ring (bicyclic) bond motifs is 2. The van der Waals surface area contributed by atoms with E-state index >= 15 is 0 Å². The van der Waals surface area contributed by atoms with Crippen molar-refractivity contribution in [3.63, 3.8) is 0 Å². The Kier molecular flexibility index (Phi) is 5.79. The van der Waals surface area contributed by atoms with Gasteiger partial charge in [-0.05, 0) is 49.2 Å². The van der Waals surface area contributed by atoms with Gasteiger partial charge in [-0.1, -0.05) is 13.8 Å². The topological polar surface area (TPSA) is 178 Å². The van der Waals surface area contributed by atoms with E-state index in [1.54, 1.807) is 13.8 Å². The van der Waals surface area contributed by atoms with Crippen molar-refractivity contribution in [2.45, 2.75) is 44.6 Å². The molecule has 5 N–H and O–H groups in total. The van der Waals surface area contributed by atoms with Crippen LogP contribution in [0.1, 0.15) is 63.5 Å². The number of aromatic nitrogens is 2. The van der Waals surface area contributed by atoms with Crippen LogP contribution in [-0.2, 0) is 32.6 Å². The van der Waals surface area contributed by atoms with Gasteiger partial charge in [0.15, 0.2) is 11.2 Å². The lowest BCUT2D eigenvalue weighted by Gasteiger charge is -2.37. The van der Waals surface area contributed by atoms with Crippen LogP contribution in [0.4, 0.5) is 0 Å². The second kappa shape index (κ2) is 8.77. The monoisotopic (exact) mass is 516 g/mol. The van der Waals surface area contributed by atoms with Crippen LogP contribution in [0.25, 0.3) is 21.8 Å². The number of ketones is 3. The van der Waals surface area contributed by atoms with E-state index in [4.69, 9.17) is 0 Å². The molecule has 10 nitrogen and oxygen atoms in total. The third kappa shape index (κ3) is 3.33. The number of carbonyl (C=O) groups excluding carboxylic acids is 3. The smallest absolute Gasteiger partial charge is 0.335 e. The van der Waals surface area contributed by atoms with Gasteiger partial charge in [0.1, 0.15) is 6.10 Å². The Hall–Kier alpha value is -4.57. The molecule has 2 aromatic carbocycles. The van der Waals surface area contributed by atoms with Crippen LogP contribution in [0.3, 0.4) is 0 Å². The van der Waals surface area contributed by atoms with Crippen LogP contribution in [0.2, 0.25) is 0 Å². The first kappa shape index (κ1) is 25.1. The average molecular weight is 517 g/mol. The molecule has 1 saturated carbocycles. The number of rotatable bonds is 6. The zero-order valence-corrected chi connectivity index (χ0v) is 20.5. The second-order valence-corrected chi connectivity index (χ2v) is 9.38. The zero-order chi connectivity index (χ0) is 27.5. The third-order valence-corrected chi connectivity index (χ3v) is 7.35. The van der Waals surface area contributed by atoms with Gasteiger partial charge in [-0.3, -0.25) is 14.4 Å². The lowest BCUT2D eigenvalue weighted by atomic mass is 9.60. The maximum atomic E-state index is 14.2. The molecule has 194 valence electrons. The van der Waals surface area contributed by atoms with Gasteiger partial charge in [-0.15, -0.1) is 0 Å². The van der Waals surface area contributed by atoms with Crippen molar-refractivity contribution in [2.75, 3.05) is 0 Å². The molecule has 0 radical (unpaired) electrons. The number of carbonyl (C=O) groups is 5. The lowest BCUT2D eigenvalue weighted by Crippen LogP contribution is -2.58. The van der Waals surface area contributed by atoms with Crippen LogP contribution < -0.4 is 0 Å². The van der Waals surface area contributed by atoms with Crippen molar-refractivity contribution in [1.29, 1.82) is 0 Å². The van der Waals surface area contributed by atoms with Crippen LogP contribution in [0, 0.1) is 0 Å². The Morgan fingerprint density at radius 2 is 1.29 bits per heavy atom. The molecule has 4 aromatic rings. The fraction of sp³-hybridized carbons (Fsp3) is 0.250. The Bertz CT molecular complexity index is 1610. The Morgan fingerprint density at radius 1 is 0.842 bits per heavy atom. The summed E-state index contributed by atoms with van der Waals surface area (Å²) in [4.78, 5) is 71.4. The molecule has 10 heteroatoms. The summed E-state index contributed by atoms with van der Waals surface area (Å²) in [6.45, 7) is 3.54. The SMILES string of the molecule is CCc1[nH]c2ccc(C(=O)O)cc2c1C1(c2c(CC)[nH]c3ccc(C(=O)O)cc23)C(=O)C(=O)CC(O)C1=O. The molecule has 1 unspecified atom stereocenters. The van der Waals surface area contributed by atoms with Crippen LogP contribution in [0.5, 0.6) is 0 Å². The first-order valence-electron chi connectivity index (χ1n) is 12.1. The Morgan fingerprint density at radius 3 is 1.68 bits per heavy atom. The van der Waals surface area contributed by atoms with E-state index in [1.165, 1.54) is 36.4 Å². The normalized spacial score (nSPS) is 17.4. The molecule has 0 aliphatic heterocycles. The third-order valence-electron chi connectivity index (χ3n) is 7.35. The van der Waals surface area contributed by atoms with E-state index in [0.717, 1.165) is 0 Å². The minimum atomic E-state index is -2.34. The molecule has 1 atom stereocenters. The fourth-order valence-corrected chi connectivity index (χ4v) is 5.68. The van der Waals surface area contributed by atoms with Crippen molar-refractivity contribution >= 4 is 51.1 Å². The molecule has 5 rings (SSSR count). The first-order valence-corrected chi connectivity index (χ1v) is 12.1. The fourth-order valence-electron chi connectivity index (χ4n) is 5.68. The summed E-state index contributed by atoms with van der Waals surface area (Å²) in [6.07, 6.45) is -1.91. The van der Waals surface area contributed by atoms with E-state index in [9.17, 15) is 39.3 Å². The van der Waals surface area contributed by atoms with Crippen molar-refractivity contribution in [3.05, 3.63) is 70.0 Å². The molecule has 0 spiro atoms. The molecular weight excluding hydrogens is 492 g/mol. The summed E-state index contributed by atoms with van der Waals surface area (Å²) >= 11 is 0. The lowest BCUT2D eigenvalue weighted by molar-refractivity contribution is -0.151. The number of aromatic amines is 2.